The predicted molar refractivity (Wildman–Crippen MR) is 128 cm³/mol. The predicted octanol–water partition coefficient (Wildman–Crippen LogP) is 8.60. The second-order valence-corrected chi connectivity index (χ2v) is 10.5. The van der Waals surface area contributed by atoms with Gasteiger partial charge in [-0.25, -0.2) is 4.39 Å². The number of halogens is 2. The summed E-state index contributed by atoms with van der Waals surface area (Å²) in [4.78, 5) is 0. The fraction of sp³-hybridized carbons (Fsp3) is 0.655. The number of rotatable bonds is 6. The Labute approximate surface area is 193 Å². The molecule has 1 aromatic carbocycles. The van der Waals surface area contributed by atoms with Crippen LogP contribution in [0.15, 0.2) is 36.4 Å². The Morgan fingerprint density at radius 1 is 0.812 bits per heavy atom. The van der Waals surface area contributed by atoms with Gasteiger partial charge in [-0.15, -0.1) is 0 Å². The first kappa shape index (κ1) is 23.5. The number of benzene rings is 1. The van der Waals surface area contributed by atoms with E-state index in [1.807, 2.05) is 0 Å². The van der Waals surface area contributed by atoms with Crippen LogP contribution < -0.4 is 4.74 Å². The summed E-state index contributed by atoms with van der Waals surface area (Å²) >= 11 is 0. The number of allylic oxidation sites excluding steroid dienone is 4. The molecule has 3 heteroatoms. The summed E-state index contributed by atoms with van der Waals surface area (Å²) in [7, 11) is 0. The number of hydrogen-bond donors (Lipinski definition) is 0. The smallest absolute Gasteiger partial charge is 0.200 e. The van der Waals surface area contributed by atoms with Crippen LogP contribution in [-0.4, -0.2) is 6.61 Å². The maximum absolute atomic E-state index is 14.6. The van der Waals surface area contributed by atoms with Gasteiger partial charge in [0.25, 0.3) is 0 Å². The molecule has 2 fully saturated rings. The van der Waals surface area contributed by atoms with Crippen molar-refractivity contribution in [3.05, 3.63) is 53.6 Å². The fourth-order valence-corrected chi connectivity index (χ4v) is 6.15. The van der Waals surface area contributed by atoms with E-state index in [0.717, 1.165) is 36.5 Å². The lowest BCUT2D eigenvalue weighted by Crippen LogP contribution is -2.22. The van der Waals surface area contributed by atoms with Crippen molar-refractivity contribution in [2.75, 3.05) is 6.61 Å². The molecule has 1 aromatic rings. The second-order valence-electron chi connectivity index (χ2n) is 10.5. The zero-order valence-electron chi connectivity index (χ0n) is 19.9. The van der Waals surface area contributed by atoms with Gasteiger partial charge in [0.15, 0.2) is 11.6 Å². The molecule has 0 saturated heterocycles. The Kier molecular flexibility index (Phi) is 8.07. The van der Waals surface area contributed by atoms with E-state index in [-0.39, 0.29) is 11.7 Å². The first-order valence-electron chi connectivity index (χ1n) is 13.0. The van der Waals surface area contributed by atoms with Gasteiger partial charge in [-0.2, -0.15) is 4.39 Å². The minimum atomic E-state index is -0.853. The van der Waals surface area contributed by atoms with E-state index < -0.39 is 11.6 Å². The summed E-state index contributed by atoms with van der Waals surface area (Å²) in [5.74, 6) is 2.20. The van der Waals surface area contributed by atoms with Crippen molar-refractivity contribution in [2.24, 2.45) is 29.6 Å². The quantitative estimate of drug-likeness (QED) is 0.401. The van der Waals surface area contributed by atoms with Crippen LogP contribution >= 0.6 is 0 Å². The molecule has 3 aliphatic carbocycles. The minimum Gasteiger partial charge on any atom is -0.491 e. The van der Waals surface area contributed by atoms with Crippen molar-refractivity contribution in [3.8, 4) is 5.75 Å². The van der Waals surface area contributed by atoms with Crippen LogP contribution in [0.4, 0.5) is 8.78 Å². The lowest BCUT2D eigenvalue weighted by molar-refractivity contribution is 0.235. The molecule has 0 amide bonds. The fourth-order valence-electron chi connectivity index (χ4n) is 6.15. The highest BCUT2D eigenvalue weighted by Gasteiger charge is 2.29. The molecule has 0 bridgehead atoms. The lowest BCUT2D eigenvalue weighted by atomic mass is 9.71. The minimum absolute atomic E-state index is 0.00951. The van der Waals surface area contributed by atoms with E-state index in [1.165, 1.54) is 51.4 Å². The molecule has 0 aliphatic heterocycles. The summed E-state index contributed by atoms with van der Waals surface area (Å²) in [5.41, 5.74) is 0.464. The molecule has 2 atom stereocenters. The van der Waals surface area contributed by atoms with E-state index >= 15 is 0 Å². The summed E-state index contributed by atoms with van der Waals surface area (Å²) < 4.78 is 34.1. The van der Waals surface area contributed by atoms with Crippen molar-refractivity contribution < 1.29 is 13.5 Å². The van der Waals surface area contributed by atoms with Gasteiger partial charge >= 0.3 is 0 Å². The van der Waals surface area contributed by atoms with Gasteiger partial charge in [-0.05, 0) is 99.5 Å². The highest BCUT2D eigenvalue weighted by molar-refractivity contribution is 5.35. The highest BCUT2D eigenvalue weighted by Crippen LogP contribution is 2.42. The van der Waals surface area contributed by atoms with Gasteiger partial charge < -0.3 is 4.74 Å². The Morgan fingerprint density at radius 3 is 2.06 bits per heavy atom. The van der Waals surface area contributed by atoms with Gasteiger partial charge in [0.05, 0.1) is 6.61 Å². The van der Waals surface area contributed by atoms with Crippen molar-refractivity contribution in [1.29, 1.82) is 0 Å². The summed E-state index contributed by atoms with van der Waals surface area (Å²) in [5, 5.41) is 0. The lowest BCUT2D eigenvalue weighted by Gasteiger charge is -2.34. The summed E-state index contributed by atoms with van der Waals surface area (Å²) in [6, 6.07) is 3.27. The van der Waals surface area contributed by atoms with Crippen LogP contribution in [-0.2, 0) is 0 Å². The monoisotopic (exact) mass is 442 g/mol. The Morgan fingerprint density at radius 2 is 1.47 bits per heavy atom. The molecular weight excluding hydrogens is 402 g/mol. The molecule has 2 saturated carbocycles. The van der Waals surface area contributed by atoms with Gasteiger partial charge in [0.2, 0.25) is 5.82 Å². The van der Waals surface area contributed by atoms with E-state index in [0.29, 0.717) is 18.1 Å². The summed E-state index contributed by atoms with van der Waals surface area (Å²) in [6.07, 6.45) is 22.2. The molecule has 1 nitrogen and oxygen atoms in total. The molecule has 0 radical (unpaired) electrons. The van der Waals surface area contributed by atoms with Crippen LogP contribution in [0.1, 0.15) is 89.5 Å². The maximum Gasteiger partial charge on any atom is 0.200 e. The van der Waals surface area contributed by atoms with Gasteiger partial charge in [0.1, 0.15) is 0 Å². The maximum atomic E-state index is 14.6. The summed E-state index contributed by atoms with van der Waals surface area (Å²) in [6.45, 7) is 4.49. The van der Waals surface area contributed by atoms with E-state index in [1.54, 1.807) is 19.1 Å². The number of hydrogen-bond acceptors (Lipinski definition) is 1. The zero-order valence-corrected chi connectivity index (χ0v) is 19.9. The first-order chi connectivity index (χ1) is 15.5. The van der Waals surface area contributed by atoms with Crippen LogP contribution in [0.25, 0.3) is 0 Å². The third kappa shape index (κ3) is 5.64. The Hall–Kier alpha value is -1.64. The third-order valence-electron chi connectivity index (χ3n) is 8.32. The Balaban J connectivity index is 1.27. The van der Waals surface area contributed by atoms with E-state index in [9.17, 15) is 8.78 Å². The molecule has 176 valence electrons. The SMILES string of the molecule is CCOc1ccc(C2C=CC(C3CCC(/C=C/C4CCC(C)CC4)CC3)CC2)c(F)c1F. The molecule has 0 heterocycles. The molecule has 0 spiro atoms. The largest absolute Gasteiger partial charge is 0.491 e. The molecule has 0 aromatic heterocycles. The molecule has 3 aliphatic rings. The van der Waals surface area contributed by atoms with Gasteiger partial charge in [0, 0.05) is 5.92 Å². The van der Waals surface area contributed by atoms with Crippen LogP contribution in [0, 0.1) is 41.2 Å². The van der Waals surface area contributed by atoms with Crippen molar-refractivity contribution >= 4 is 0 Å². The second kappa shape index (κ2) is 11.0. The molecule has 32 heavy (non-hydrogen) atoms. The van der Waals surface area contributed by atoms with Crippen molar-refractivity contribution in [1.82, 2.24) is 0 Å². The van der Waals surface area contributed by atoms with Crippen LogP contribution in [0.2, 0.25) is 0 Å². The van der Waals surface area contributed by atoms with E-state index in [2.05, 4.69) is 31.2 Å². The molecule has 2 unspecified atom stereocenters. The van der Waals surface area contributed by atoms with Crippen molar-refractivity contribution in [2.45, 2.75) is 84.0 Å². The van der Waals surface area contributed by atoms with E-state index in [4.69, 9.17) is 4.74 Å². The number of ether oxygens (including phenoxy) is 1. The normalized spacial score (nSPS) is 33.5. The van der Waals surface area contributed by atoms with Crippen LogP contribution in [0.5, 0.6) is 5.75 Å². The zero-order chi connectivity index (χ0) is 22.5. The molecule has 4 rings (SSSR count). The topological polar surface area (TPSA) is 9.23 Å². The first-order valence-corrected chi connectivity index (χ1v) is 13.0. The van der Waals surface area contributed by atoms with Gasteiger partial charge in [-0.1, -0.05) is 50.1 Å². The van der Waals surface area contributed by atoms with Gasteiger partial charge in [-0.3, -0.25) is 0 Å². The van der Waals surface area contributed by atoms with Crippen molar-refractivity contribution in [3.63, 3.8) is 0 Å². The Bertz CT molecular complexity index is 798. The average molecular weight is 443 g/mol. The standard InChI is InChI=1S/C29H40F2O/c1-3-32-27-19-18-26(28(30)29(27)31)25-16-14-24(15-17-25)23-12-10-22(11-13-23)9-8-21-6-4-20(2)5-7-21/h8-9,14,16,18-25H,3-7,10-13,15,17H2,1-2H3/b9-8+. The molecular formula is C29H40F2O. The molecule has 0 N–H and O–H groups in total. The third-order valence-corrected chi connectivity index (χ3v) is 8.32. The average Bonchev–Trinajstić information content (AvgIpc) is 2.82. The van der Waals surface area contributed by atoms with Crippen LogP contribution in [0.3, 0.4) is 0 Å². The highest BCUT2D eigenvalue weighted by atomic mass is 19.2.